The molecule has 0 aliphatic carbocycles. The standard InChI is InChI=1S/C23H16N6O4S3/c30-20(26-21-25-18-11-8-15(29(31)32)12-19(18)35-21)13-34-23-28-27-22(36-23)24-14-6-9-17(10-7-14)33-16-4-2-1-3-5-16/h1-12H,13H2,(H,24,27)(H,25,26,30). The van der Waals surface area contributed by atoms with Gasteiger partial charge in [0.1, 0.15) is 11.5 Å². The highest BCUT2D eigenvalue weighted by atomic mass is 32.2. The summed E-state index contributed by atoms with van der Waals surface area (Å²) in [6, 6.07) is 21.4. The molecule has 0 radical (unpaired) electrons. The number of amides is 1. The number of ether oxygens (including phenoxy) is 1. The van der Waals surface area contributed by atoms with Gasteiger partial charge in [0.15, 0.2) is 9.47 Å². The van der Waals surface area contributed by atoms with E-state index in [2.05, 4.69) is 25.8 Å². The maximum Gasteiger partial charge on any atom is 0.270 e. The number of nitrogens with one attached hydrogen (secondary N) is 2. The minimum absolute atomic E-state index is 0.0169. The molecule has 0 saturated heterocycles. The van der Waals surface area contributed by atoms with Crippen molar-refractivity contribution in [1.82, 2.24) is 15.2 Å². The monoisotopic (exact) mass is 536 g/mol. The molecule has 2 aromatic heterocycles. The van der Waals surface area contributed by atoms with E-state index in [0.29, 0.717) is 24.8 Å². The number of nitro benzene ring substituents is 1. The smallest absolute Gasteiger partial charge is 0.270 e. The van der Waals surface area contributed by atoms with E-state index in [0.717, 1.165) is 17.2 Å². The van der Waals surface area contributed by atoms with Gasteiger partial charge in [-0.15, -0.1) is 10.2 Å². The molecule has 13 heteroatoms. The van der Waals surface area contributed by atoms with E-state index in [1.165, 1.54) is 46.6 Å². The largest absolute Gasteiger partial charge is 0.457 e. The average Bonchev–Trinajstić information content (AvgIpc) is 3.50. The number of carbonyl (C=O) groups excluding carboxylic acids is 1. The van der Waals surface area contributed by atoms with Crippen molar-refractivity contribution in [2.75, 3.05) is 16.4 Å². The summed E-state index contributed by atoms with van der Waals surface area (Å²) in [6.45, 7) is 0. The molecular formula is C23H16N6O4S3. The van der Waals surface area contributed by atoms with Gasteiger partial charge in [-0.05, 0) is 42.5 Å². The zero-order valence-electron chi connectivity index (χ0n) is 18.3. The quantitative estimate of drug-likeness (QED) is 0.126. The van der Waals surface area contributed by atoms with Crippen LogP contribution in [0, 0.1) is 10.1 Å². The summed E-state index contributed by atoms with van der Waals surface area (Å²) in [6.07, 6.45) is 0. The zero-order chi connectivity index (χ0) is 24.9. The van der Waals surface area contributed by atoms with E-state index >= 15 is 0 Å². The van der Waals surface area contributed by atoms with Crippen LogP contribution < -0.4 is 15.4 Å². The summed E-state index contributed by atoms with van der Waals surface area (Å²) in [7, 11) is 0. The van der Waals surface area contributed by atoms with Gasteiger partial charge in [0, 0.05) is 17.8 Å². The predicted octanol–water partition coefficient (Wildman–Crippen LogP) is 6.32. The first-order valence-corrected chi connectivity index (χ1v) is 13.0. The molecule has 1 amide bonds. The molecule has 0 bridgehead atoms. The maximum absolute atomic E-state index is 12.4. The number of non-ortho nitro benzene ring substituents is 1. The van der Waals surface area contributed by atoms with Crippen LogP contribution in [0.3, 0.4) is 0 Å². The van der Waals surface area contributed by atoms with Gasteiger partial charge in [-0.2, -0.15) is 0 Å². The molecule has 10 nitrogen and oxygen atoms in total. The average molecular weight is 537 g/mol. The molecule has 0 spiro atoms. The second-order valence-corrected chi connectivity index (χ2v) is 10.4. The van der Waals surface area contributed by atoms with Crippen LogP contribution in [0.15, 0.2) is 77.1 Å². The molecule has 5 aromatic rings. The first-order valence-electron chi connectivity index (χ1n) is 10.4. The Balaban J connectivity index is 1.12. The number of benzene rings is 3. The molecule has 36 heavy (non-hydrogen) atoms. The molecule has 2 N–H and O–H groups in total. The highest BCUT2D eigenvalue weighted by Crippen LogP contribution is 2.31. The van der Waals surface area contributed by atoms with Crippen molar-refractivity contribution >= 4 is 72.2 Å². The highest BCUT2D eigenvalue weighted by Gasteiger charge is 2.13. The van der Waals surface area contributed by atoms with Gasteiger partial charge < -0.3 is 15.4 Å². The molecule has 0 aliphatic rings. The molecule has 0 aliphatic heterocycles. The Morgan fingerprint density at radius 1 is 0.972 bits per heavy atom. The van der Waals surface area contributed by atoms with Crippen LogP contribution in [0.25, 0.3) is 10.2 Å². The molecule has 3 aromatic carbocycles. The number of nitrogens with zero attached hydrogens (tertiary/aromatic N) is 4. The lowest BCUT2D eigenvalue weighted by Crippen LogP contribution is -2.13. The van der Waals surface area contributed by atoms with Gasteiger partial charge in [0.05, 0.1) is 20.9 Å². The number of hydrogen-bond acceptors (Lipinski definition) is 11. The lowest BCUT2D eigenvalue weighted by molar-refractivity contribution is -0.384. The van der Waals surface area contributed by atoms with Crippen molar-refractivity contribution in [3.8, 4) is 11.5 Å². The van der Waals surface area contributed by atoms with Gasteiger partial charge in [-0.3, -0.25) is 14.9 Å². The predicted molar refractivity (Wildman–Crippen MR) is 142 cm³/mol. The maximum atomic E-state index is 12.4. The highest BCUT2D eigenvalue weighted by molar-refractivity contribution is 8.01. The van der Waals surface area contributed by atoms with Gasteiger partial charge in [0.25, 0.3) is 5.69 Å². The van der Waals surface area contributed by atoms with Crippen molar-refractivity contribution in [3.05, 3.63) is 82.9 Å². The van der Waals surface area contributed by atoms with E-state index < -0.39 is 4.92 Å². The van der Waals surface area contributed by atoms with Crippen LogP contribution >= 0.6 is 34.4 Å². The lowest BCUT2D eigenvalue weighted by atomic mass is 10.3. The van der Waals surface area contributed by atoms with E-state index in [9.17, 15) is 14.9 Å². The number of aromatic nitrogens is 3. The van der Waals surface area contributed by atoms with Crippen LogP contribution in [0.4, 0.5) is 21.6 Å². The number of para-hydroxylation sites is 1. The molecule has 5 rings (SSSR count). The van der Waals surface area contributed by atoms with Crippen molar-refractivity contribution in [2.24, 2.45) is 0 Å². The molecule has 0 unspecified atom stereocenters. The number of anilines is 3. The minimum Gasteiger partial charge on any atom is -0.457 e. The molecule has 0 fully saturated rings. The van der Waals surface area contributed by atoms with Crippen LogP contribution in [-0.2, 0) is 4.79 Å². The van der Waals surface area contributed by atoms with E-state index in [1.807, 2.05) is 54.6 Å². The topological polar surface area (TPSA) is 132 Å². The Kier molecular flexibility index (Phi) is 7.02. The number of carbonyl (C=O) groups is 1. The molecule has 0 atom stereocenters. The van der Waals surface area contributed by atoms with Crippen molar-refractivity contribution in [2.45, 2.75) is 4.34 Å². The Bertz CT molecular complexity index is 1520. The Morgan fingerprint density at radius 2 is 1.75 bits per heavy atom. The zero-order valence-corrected chi connectivity index (χ0v) is 20.7. The van der Waals surface area contributed by atoms with Gasteiger partial charge >= 0.3 is 0 Å². The first-order chi connectivity index (χ1) is 17.5. The fraction of sp³-hybridized carbons (Fsp3) is 0.0435. The molecule has 0 saturated carbocycles. The van der Waals surface area contributed by atoms with Crippen molar-refractivity contribution < 1.29 is 14.5 Å². The third-order valence-electron chi connectivity index (χ3n) is 4.65. The fourth-order valence-corrected chi connectivity index (χ4v) is 5.52. The summed E-state index contributed by atoms with van der Waals surface area (Å²) in [4.78, 5) is 27.1. The molecule has 180 valence electrons. The second-order valence-electron chi connectivity index (χ2n) is 7.20. The van der Waals surface area contributed by atoms with Gasteiger partial charge in [-0.1, -0.05) is 52.6 Å². The molecular weight excluding hydrogens is 520 g/mol. The lowest BCUT2D eigenvalue weighted by Gasteiger charge is -2.06. The SMILES string of the molecule is O=C(CSc1nnc(Nc2ccc(Oc3ccccc3)cc2)s1)Nc1nc2ccc([N+](=O)[O-])cc2s1. The van der Waals surface area contributed by atoms with E-state index in [4.69, 9.17) is 4.74 Å². The summed E-state index contributed by atoms with van der Waals surface area (Å²) in [5.74, 6) is 1.35. The number of nitro groups is 1. The van der Waals surface area contributed by atoms with Crippen LogP contribution in [0.5, 0.6) is 11.5 Å². The van der Waals surface area contributed by atoms with Crippen LogP contribution in [0.1, 0.15) is 0 Å². The first kappa shape index (κ1) is 23.7. The van der Waals surface area contributed by atoms with Crippen molar-refractivity contribution in [1.29, 1.82) is 0 Å². The third-order valence-corrected chi connectivity index (χ3v) is 7.55. The van der Waals surface area contributed by atoms with E-state index in [1.54, 1.807) is 6.07 Å². The fourth-order valence-electron chi connectivity index (χ4n) is 3.04. The number of thiazole rings is 1. The number of rotatable bonds is 9. The number of thioether (sulfide) groups is 1. The Labute approximate surface area is 216 Å². The van der Waals surface area contributed by atoms with Gasteiger partial charge in [0.2, 0.25) is 11.0 Å². The minimum atomic E-state index is -0.464. The van der Waals surface area contributed by atoms with Crippen molar-refractivity contribution in [3.63, 3.8) is 0 Å². The summed E-state index contributed by atoms with van der Waals surface area (Å²) < 4.78 is 7.06. The normalized spacial score (nSPS) is 10.8. The van der Waals surface area contributed by atoms with E-state index in [-0.39, 0.29) is 17.3 Å². The van der Waals surface area contributed by atoms with Crippen LogP contribution in [0.2, 0.25) is 0 Å². The van der Waals surface area contributed by atoms with Gasteiger partial charge in [-0.25, -0.2) is 4.98 Å². The summed E-state index contributed by atoms with van der Waals surface area (Å²) >= 11 is 3.77. The Hall–Kier alpha value is -4.07. The summed E-state index contributed by atoms with van der Waals surface area (Å²) in [5, 5.41) is 26.1. The number of fused-ring (bicyclic) bond motifs is 1. The second kappa shape index (κ2) is 10.7. The third kappa shape index (κ3) is 5.94. The summed E-state index contributed by atoms with van der Waals surface area (Å²) in [5.41, 5.74) is 1.40. The Morgan fingerprint density at radius 3 is 2.53 bits per heavy atom. The number of hydrogen-bond donors (Lipinski definition) is 2. The van der Waals surface area contributed by atoms with Crippen LogP contribution in [-0.4, -0.2) is 31.8 Å². The molecule has 2 heterocycles.